The summed E-state index contributed by atoms with van der Waals surface area (Å²) in [7, 11) is -3.67. The average molecular weight is 246 g/mol. The second-order valence-electron chi connectivity index (χ2n) is 2.81. The van der Waals surface area contributed by atoms with E-state index in [4.69, 9.17) is 16.9 Å². The number of pyridine rings is 1. The molecule has 0 atom stereocenters. The largest absolute Gasteiger partial charge is 0.279 e. The van der Waals surface area contributed by atoms with Crippen LogP contribution in [-0.2, 0) is 10.0 Å². The third-order valence-corrected chi connectivity index (χ3v) is 2.94. The third-order valence-electron chi connectivity index (χ3n) is 1.63. The molecule has 0 fully saturated rings. The van der Waals surface area contributed by atoms with Crippen molar-refractivity contribution < 1.29 is 8.42 Å². The van der Waals surface area contributed by atoms with Crippen molar-refractivity contribution in [2.24, 2.45) is 0 Å². The second kappa shape index (κ2) is 4.47. The van der Waals surface area contributed by atoms with E-state index in [1.807, 2.05) is 0 Å². The van der Waals surface area contributed by atoms with Gasteiger partial charge in [0, 0.05) is 6.20 Å². The number of nitrogens with zero attached hydrogens (tertiary/aromatic N) is 2. The van der Waals surface area contributed by atoms with E-state index in [1.54, 1.807) is 19.1 Å². The molecule has 1 heterocycles. The van der Waals surface area contributed by atoms with Crippen molar-refractivity contribution in [2.45, 2.75) is 6.92 Å². The standard InChI is InChI=1S/C8H8ClN3O2S/c1-6-2-4-11-8(9)7(6)12-15(13,14)5-3-10/h2,4,12H,5H2,1H3. The fraction of sp³-hybridized carbons (Fsp3) is 0.250. The topological polar surface area (TPSA) is 82.8 Å². The molecule has 0 aliphatic carbocycles. The van der Waals surface area contributed by atoms with Crippen LogP contribution in [0.1, 0.15) is 5.56 Å². The number of anilines is 1. The molecular formula is C8H8ClN3O2S. The summed E-state index contributed by atoms with van der Waals surface area (Å²) in [5.74, 6) is -0.613. The lowest BCUT2D eigenvalue weighted by Gasteiger charge is -2.08. The molecule has 0 spiro atoms. The van der Waals surface area contributed by atoms with Crippen molar-refractivity contribution in [2.75, 3.05) is 10.5 Å². The predicted octanol–water partition coefficient (Wildman–Crippen LogP) is 1.31. The number of aryl methyl sites for hydroxylation is 1. The van der Waals surface area contributed by atoms with Crippen molar-refractivity contribution >= 4 is 27.3 Å². The van der Waals surface area contributed by atoms with Gasteiger partial charge in [-0.3, -0.25) is 4.72 Å². The number of hydrogen-bond donors (Lipinski definition) is 1. The van der Waals surface area contributed by atoms with Crippen molar-refractivity contribution in [3.05, 3.63) is 23.0 Å². The van der Waals surface area contributed by atoms with E-state index >= 15 is 0 Å². The van der Waals surface area contributed by atoms with Gasteiger partial charge >= 0.3 is 0 Å². The van der Waals surface area contributed by atoms with E-state index in [9.17, 15) is 8.42 Å². The molecule has 0 saturated heterocycles. The molecule has 5 nitrogen and oxygen atoms in total. The number of aromatic nitrogens is 1. The van der Waals surface area contributed by atoms with Gasteiger partial charge in [-0.25, -0.2) is 13.4 Å². The van der Waals surface area contributed by atoms with Gasteiger partial charge in [-0.1, -0.05) is 11.6 Å². The van der Waals surface area contributed by atoms with Gasteiger partial charge in [0.05, 0.1) is 11.8 Å². The van der Waals surface area contributed by atoms with E-state index in [-0.39, 0.29) is 10.8 Å². The molecule has 0 bridgehead atoms. The molecule has 0 radical (unpaired) electrons. The molecule has 80 valence electrons. The summed E-state index contributed by atoms with van der Waals surface area (Å²) in [4.78, 5) is 3.74. The van der Waals surface area contributed by atoms with Gasteiger partial charge in [0.25, 0.3) is 0 Å². The maximum atomic E-state index is 11.3. The first kappa shape index (κ1) is 11.8. The van der Waals surface area contributed by atoms with E-state index in [1.165, 1.54) is 6.20 Å². The van der Waals surface area contributed by atoms with Gasteiger partial charge in [-0.05, 0) is 18.6 Å². The molecule has 0 unspecified atom stereocenters. The van der Waals surface area contributed by atoms with Gasteiger partial charge < -0.3 is 0 Å². The Labute approximate surface area is 92.8 Å². The summed E-state index contributed by atoms with van der Waals surface area (Å²) in [6.45, 7) is 1.69. The van der Waals surface area contributed by atoms with Crippen molar-refractivity contribution in [3.63, 3.8) is 0 Å². The number of nitrogens with one attached hydrogen (secondary N) is 1. The Hall–Kier alpha value is -1.32. The molecule has 0 aliphatic heterocycles. The minimum absolute atomic E-state index is 0.0662. The molecule has 1 aromatic heterocycles. The quantitative estimate of drug-likeness (QED) is 0.814. The van der Waals surface area contributed by atoms with Crippen LogP contribution >= 0.6 is 11.6 Å². The summed E-state index contributed by atoms with van der Waals surface area (Å²) in [6.07, 6.45) is 1.47. The SMILES string of the molecule is Cc1ccnc(Cl)c1NS(=O)(=O)CC#N. The summed E-state index contributed by atoms with van der Waals surface area (Å²) in [5.41, 5.74) is 0.867. The molecule has 0 aromatic carbocycles. The van der Waals surface area contributed by atoms with E-state index < -0.39 is 15.8 Å². The fourth-order valence-electron chi connectivity index (χ4n) is 0.924. The summed E-state index contributed by atoms with van der Waals surface area (Å²) in [5, 5.41) is 8.37. The second-order valence-corrected chi connectivity index (χ2v) is 4.89. The molecule has 15 heavy (non-hydrogen) atoms. The highest BCUT2D eigenvalue weighted by Crippen LogP contribution is 2.23. The van der Waals surface area contributed by atoms with Crippen molar-refractivity contribution in [3.8, 4) is 6.07 Å². The van der Waals surface area contributed by atoms with E-state index in [0.29, 0.717) is 5.56 Å². The molecular weight excluding hydrogens is 238 g/mol. The van der Waals surface area contributed by atoms with Crippen LogP contribution in [0.3, 0.4) is 0 Å². The lowest BCUT2D eigenvalue weighted by Crippen LogP contribution is -2.16. The fourth-order valence-corrected chi connectivity index (χ4v) is 2.04. The molecule has 0 saturated carbocycles. The first-order valence-electron chi connectivity index (χ1n) is 3.95. The van der Waals surface area contributed by atoms with Gasteiger partial charge in [-0.15, -0.1) is 0 Å². The molecule has 1 N–H and O–H groups in total. The zero-order valence-electron chi connectivity index (χ0n) is 7.86. The van der Waals surface area contributed by atoms with Crippen LogP contribution in [-0.4, -0.2) is 19.2 Å². The number of rotatable bonds is 3. The maximum absolute atomic E-state index is 11.3. The Morgan fingerprint density at radius 3 is 2.87 bits per heavy atom. The first-order chi connectivity index (χ1) is 6.96. The number of sulfonamides is 1. The molecule has 0 aliphatic rings. The highest BCUT2D eigenvalue weighted by molar-refractivity contribution is 7.92. The number of halogens is 1. The van der Waals surface area contributed by atoms with Gasteiger partial charge in [0.2, 0.25) is 10.0 Å². The van der Waals surface area contributed by atoms with Crippen LogP contribution in [0.25, 0.3) is 0 Å². The third kappa shape index (κ3) is 3.08. The number of hydrogen-bond acceptors (Lipinski definition) is 4. The van der Waals surface area contributed by atoms with Crippen LogP contribution in [0.2, 0.25) is 5.15 Å². The van der Waals surface area contributed by atoms with E-state index in [0.717, 1.165) is 0 Å². The Kier molecular flexibility index (Phi) is 3.50. The van der Waals surface area contributed by atoms with Gasteiger partial charge in [0.1, 0.15) is 0 Å². The Morgan fingerprint density at radius 2 is 2.33 bits per heavy atom. The number of nitriles is 1. The molecule has 0 amide bonds. The normalized spacial score (nSPS) is 10.7. The minimum Gasteiger partial charge on any atom is -0.279 e. The lowest BCUT2D eigenvalue weighted by molar-refractivity contribution is 0.604. The predicted molar refractivity (Wildman–Crippen MR) is 57.0 cm³/mol. The van der Waals surface area contributed by atoms with Crippen LogP contribution in [0, 0.1) is 18.3 Å². The average Bonchev–Trinajstić information content (AvgIpc) is 2.11. The van der Waals surface area contributed by atoms with Gasteiger partial charge in [-0.2, -0.15) is 5.26 Å². The smallest absolute Gasteiger partial charge is 0.246 e. The zero-order chi connectivity index (χ0) is 11.5. The maximum Gasteiger partial charge on any atom is 0.246 e. The van der Waals surface area contributed by atoms with Crippen LogP contribution in [0.15, 0.2) is 12.3 Å². The molecule has 7 heteroatoms. The van der Waals surface area contributed by atoms with Gasteiger partial charge in [0.15, 0.2) is 10.9 Å². The summed E-state index contributed by atoms with van der Waals surface area (Å²) < 4.78 is 24.8. The summed E-state index contributed by atoms with van der Waals surface area (Å²) >= 11 is 5.71. The van der Waals surface area contributed by atoms with Crippen molar-refractivity contribution in [1.29, 1.82) is 5.26 Å². The lowest BCUT2D eigenvalue weighted by atomic mass is 10.3. The summed E-state index contributed by atoms with van der Waals surface area (Å²) in [6, 6.07) is 3.17. The highest BCUT2D eigenvalue weighted by atomic mass is 35.5. The molecule has 1 aromatic rings. The Morgan fingerprint density at radius 1 is 1.67 bits per heavy atom. The highest BCUT2D eigenvalue weighted by Gasteiger charge is 2.13. The van der Waals surface area contributed by atoms with Crippen LogP contribution in [0.5, 0.6) is 0 Å². The Bertz CT molecular complexity index is 487. The monoisotopic (exact) mass is 245 g/mol. The van der Waals surface area contributed by atoms with Crippen LogP contribution < -0.4 is 4.72 Å². The van der Waals surface area contributed by atoms with Crippen molar-refractivity contribution in [1.82, 2.24) is 4.98 Å². The van der Waals surface area contributed by atoms with Crippen LogP contribution in [0.4, 0.5) is 5.69 Å². The molecule has 1 rings (SSSR count). The van der Waals surface area contributed by atoms with E-state index in [2.05, 4.69) is 9.71 Å². The minimum atomic E-state index is -3.67. The zero-order valence-corrected chi connectivity index (χ0v) is 9.43. The Balaban J connectivity index is 3.06. The first-order valence-corrected chi connectivity index (χ1v) is 5.98.